The summed E-state index contributed by atoms with van der Waals surface area (Å²) in [5.74, 6) is 0.473. The van der Waals surface area contributed by atoms with Gasteiger partial charge in [-0.05, 0) is 31.0 Å². The van der Waals surface area contributed by atoms with Crippen LogP contribution in [0.2, 0.25) is 0 Å². The zero-order valence-corrected chi connectivity index (χ0v) is 12.1. The number of nitrogens with one attached hydrogen (secondary N) is 1. The molecule has 1 aromatic carbocycles. The molecule has 0 aromatic heterocycles. The predicted molar refractivity (Wildman–Crippen MR) is 71.1 cm³/mol. The Bertz CT molecular complexity index is 753. The first kappa shape index (κ1) is 13.8. The molecule has 1 atom stereocenters. The van der Waals surface area contributed by atoms with E-state index in [9.17, 15) is 16.8 Å². The smallest absolute Gasteiger partial charge is 0.238 e. The summed E-state index contributed by atoms with van der Waals surface area (Å²) in [5, 5.41) is 4.73. The van der Waals surface area contributed by atoms with Gasteiger partial charge in [0, 0.05) is 5.56 Å². The SMILES string of the molecule is NS(=O)(=O)c1ccc2c(c1)C(NS(=O)(=O)C1CC1)CO2. The molecule has 1 aromatic rings. The van der Waals surface area contributed by atoms with E-state index >= 15 is 0 Å². The molecule has 3 rings (SSSR count). The number of sulfonamides is 2. The van der Waals surface area contributed by atoms with Gasteiger partial charge in [-0.25, -0.2) is 26.7 Å². The first-order valence-electron chi connectivity index (χ1n) is 6.08. The lowest BCUT2D eigenvalue weighted by atomic mass is 10.1. The number of rotatable bonds is 4. The largest absolute Gasteiger partial charge is 0.491 e. The molecule has 20 heavy (non-hydrogen) atoms. The highest BCUT2D eigenvalue weighted by Gasteiger charge is 2.39. The van der Waals surface area contributed by atoms with Crippen LogP contribution in [-0.4, -0.2) is 28.7 Å². The zero-order valence-electron chi connectivity index (χ0n) is 10.4. The van der Waals surface area contributed by atoms with Gasteiger partial charge in [-0.15, -0.1) is 0 Å². The highest BCUT2D eigenvalue weighted by Crippen LogP contribution is 2.36. The monoisotopic (exact) mass is 318 g/mol. The third kappa shape index (κ3) is 2.53. The summed E-state index contributed by atoms with van der Waals surface area (Å²) in [7, 11) is -7.20. The van der Waals surface area contributed by atoms with Crippen LogP contribution in [0.3, 0.4) is 0 Å². The molecule has 1 fully saturated rings. The van der Waals surface area contributed by atoms with Gasteiger partial charge < -0.3 is 4.74 Å². The zero-order chi connectivity index (χ0) is 14.5. The second-order valence-corrected chi connectivity index (χ2v) is 8.52. The molecule has 0 saturated heterocycles. The molecule has 9 heteroatoms. The van der Waals surface area contributed by atoms with Gasteiger partial charge in [0.15, 0.2) is 0 Å². The average molecular weight is 318 g/mol. The van der Waals surface area contributed by atoms with E-state index in [0.717, 1.165) is 0 Å². The van der Waals surface area contributed by atoms with Crippen molar-refractivity contribution in [3.8, 4) is 5.75 Å². The Morgan fingerprint density at radius 2 is 1.90 bits per heavy atom. The molecule has 0 spiro atoms. The number of benzene rings is 1. The first-order valence-corrected chi connectivity index (χ1v) is 9.17. The second kappa shape index (κ2) is 4.42. The number of ether oxygens (including phenoxy) is 1. The van der Waals surface area contributed by atoms with E-state index in [4.69, 9.17) is 9.88 Å². The standard InChI is InChI=1S/C11H14N2O5S2/c12-19(14,15)8-3-4-11-9(5-8)10(6-18-11)13-20(16,17)7-1-2-7/h3-5,7,10,13H,1-2,6H2,(H2,12,14,15). The Kier molecular flexibility index (Phi) is 3.05. The molecule has 1 heterocycles. The van der Waals surface area contributed by atoms with E-state index < -0.39 is 26.1 Å². The van der Waals surface area contributed by atoms with Crippen molar-refractivity contribution in [3.05, 3.63) is 23.8 Å². The Morgan fingerprint density at radius 1 is 1.20 bits per heavy atom. The molecule has 0 radical (unpaired) electrons. The minimum Gasteiger partial charge on any atom is -0.491 e. The molecule has 7 nitrogen and oxygen atoms in total. The van der Waals surface area contributed by atoms with E-state index in [1.165, 1.54) is 18.2 Å². The fourth-order valence-corrected chi connectivity index (χ4v) is 4.23. The van der Waals surface area contributed by atoms with E-state index in [1.807, 2.05) is 0 Å². The number of nitrogens with two attached hydrogens (primary N) is 1. The van der Waals surface area contributed by atoms with Crippen LogP contribution in [0.25, 0.3) is 0 Å². The van der Waals surface area contributed by atoms with Crippen molar-refractivity contribution in [3.63, 3.8) is 0 Å². The molecular weight excluding hydrogens is 304 g/mol. The van der Waals surface area contributed by atoms with Gasteiger partial charge in [0.1, 0.15) is 12.4 Å². The van der Waals surface area contributed by atoms with Crippen molar-refractivity contribution in [2.45, 2.75) is 29.0 Å². The Labute approximate surface area is 117 Å². The third-order valence-corrected chi connectivity index (χ3v) is 6.23. The Balaban J connectivity index is 1.92. The van der Waals surface area contributed by atoms with Gasteiger partial charge in [-0.3, -0.25) is 0 Å². The highest BCUT2D eigenvalue weighted by molar-refractivity contribution is 7.90. The summed E-state index contributed by atoms with van der Waals surface area (Å²) in [6.45, 7) is 0.148. The molecular formula is C11H14N2O5S2. The van der Waals surface area contributed by atoms with Gasteiger partial charge in [0.05, 0.1) is 16.2 Å². The molecule has 2 aliphatic rings. The van der Waals surface area contributed by atoms with Gasteiger partial charge in [-0.1, -0.05) is 0 Å². The van der Waals surface area contributed by atoms with Crippen LogP contribution in [0.1, 0.15) is 24.4 Å². The van der Waals surface area contributed by atoms with Gasteiger partial charge in [-0.2, -0.15) is 0 Å². The summed E-state index contributed by atoms with van der Waals surface area (Å²) < 4.78 is 54.5. The van der Waals surface area contributed by atoms with Crippen molar-refractivity contribution in [1.82, 2.24) is 4.72 Å². The Morgan fingerprint density at radius 3 is 2.50 bits per heavy atom. The van der Waals surface area contributed by atoms with E-state index in [1.54, 1.807) is 0 Å². The predicted octanol–water partition coefficient (Wildman–Crippen LogP) is -0.151. The maximum Gasteiger partial charge on any atom is 0.238 e. The van der Waals surface area contributed by atoms with Crippen LogP contribution in [-0.2, 0) is 20.0 Å². The number of hydrogen-bond acceptors (Lipinski definition) is 5. The molecule has 110 valence electrons. The minimum atomic E-state index is -3.83. The summed E-state index contributed by atoms with van der Waals surface area (Å²) in [6, 6.07) is 3.61. The fourth-order valence-electron chi connectivity index (χ4n) is 2.14. The average Bonchev–Trinajstić information content (AvgIpc) is 3.13. The van der Waals surface area contributed by atoms with Crippen molar-refractivity contribution >= 4 is 20.0 Å². The normalized spacial score (nSPS) is 22.4. The van der Waals surface area contributed by atoms with Crippen LogP contribution >= 0.6 is 0 Å². The maximum atomic E-state index is 11.9. The van der Waals surface area contributed by atoms with E-state index in [2.05, 4.69) is 4.72 Å². The molecule has 1 aliphatic carbocycles. The number of hydrogen-bond donors (Lipinski definition) is 2. The minimum absolute atomic E-state index is 0.0580. The lowest BCUT2D eigenvalue weighted by Gasteiger charge is -2.12. The summed E-state index contributed by atoms with van der Waals surface area (Å²) in [4.78, 5) is -0.0580. The van der Waals surface area contributed by atoms with Crippen LogP contribution in [0, 0.1) is 0 Å². The fraction of sp³-hybridized carbons (Fsp3) is 0.455. The second-order valence-electron chi connectivity index (χ2n) is 4.97. The highest BCUT2D eigenvalue weighted by atomic mass is 32.2. The van der Waals surface area contributed by atoms with Crippen molar-refractivity contribution in [2.75, 3.05) is 6.61 Å². The summed E-state index contributed by atoms with van der Waals surface area (Å²) >= 11 is 0. The maximum absolute atomic E-state index is 11.9. The van der Waals surface area contributed by atoms with E-state index in [0.29, 0.717) is 24.2 Å². The third-order valence-electron chi connectivity index (χ3n) is 3.36. The van der Waals surface area contributed by atoms with Gasteiger partial charge >= 0.3 is 0 Å². The van der Waals surface area contributed by atoms with Gasteiger partial charge in [0.2, 0.25) is 20.0 Å². The lowest BCUT2D eigenvalue weighted by molar-refractivity contribution is 0.325. The van der Waals surface area contributed by atoms with Crippen molar-refractivity contribution in [2.24, 2.45) is 5.14 Å². The van der Waals surface area contributed by atoms with Crippen molar-refractivity contribution in [1.29, 1.82) is 0 Å². The van der Waals surface area contributed by atoms with E-state index in [-0.39, 0.29) is 16.8 Å². The Hall–Kier alpha value is -1.16. The van der Waals surface area contributed by atoms with Crippen LogP contribution in [0.5, 0.6) is 5.75 Å². The molecule has 0 amide bonds. The van der Waals surface area contributed by atoms with Crippen molar-refractivity contribution < 1.29 is 21.6 Å². The quantitative estimate of drug-likeness (QED) is 0.801. The van der Waals surface area contributed by atoms with Crippen LogP contribution in [0.4, 0.5) is 0 Å². The van der Waals surface area contributed by atoms with Crippen LogP contribution < -0.4 is 14.6 Å². The topological polar surface area (TPSA) is 116 Å². The lowest BCUT2D eigenvalue weighted by Crippen LogP contribution is -2.32. The molecule has 1 saturated carbocycles. The number of fused-ring (bicyclic) bond motifs is 1. The van der Waals surface area contributed by atoms with Gasteiger partial charge in [0.25, 0.3) is 0 Å². The number of primary sulfonamides is 1. The molecule has 3 N–H and O–H groups in total. The van der Waals surface area contributed by atoms with Crippen LogP contribution in [0.15, 0.2) is 23.1 Å². The first-order chi connectivity index (χ1) is 9.27. The summed E-state index contributed by atoms with van der Waals surface area (Å²) in [5.41, 5.74) is 0.501. The molecule has 1 unspecified atom stereocenters. The summed E-state index contributed by atoms with van der Waals surface area (Å²) in [6.07, 6.45) is 1.32. The molecule has 0 bridgehead atoms. The molecule has 1 aliphatic heterocycles.